The maximum atomic E-state index is 12.6. The number of likely N-dealkylation sites (tertiary alicyclic amines) is 1. The molecule has 0 saturated carbocycles. The molecule has 0 unspecified atom stereocenters. The van der Waals surface area contributed by atoms with E-state index in [4.69, 9.17) is 9.47 Å². The zero-order valence-corrected chi connectivity index (χ0v) is 18.7. The van der Waals surface area contributed by atoms with E-state index in [0.717, 1.165) is 29.4 Å². The molecule has 4 rings (SSSR count). The lowest BCUT2D eigenvalue weighted by molar-refractivity contribution is 0.0183. The Bertz CT molecular complexity index is 1160. The fourth-order valence-electron chi connectivity index (χ4n) is 3.99. The molecule has 1 atom stereocenters. The van der Waals surface area contributed by atoms with Crippen LogP contribution in [0.5, 0.6) is 6.01 Å². The van der Waals surface area contributed by atoms with E-state index in [-0.39, 0.29) is 12.1 Å². The van der Waals surface area contributed by atoms with E-state index in [1.165, 1.54) is 0 Å². The van der Waals surface area contributed by atoms with E-state index >= 15 is 0 Å². The third-order valence-electron chi connectivity index (χ3n) is 5.50. The Morgan fingerprint density at radius 3 is 2.72 bits per heavy atom. The van der Waals surface area contributed by atoms with Crippen LogP contribution in [0.1, 0.15) is 44.7 Å². The number of para-hydroxylation sites is 2. The Labute approximate surface area is 188 Å². The molecule has 1 amide bonds. The van der Waals surface area contributed by atoms with Crippen molar-refractivity contribution in [3.05, 3.63) is 59.7 Å². The molecule has 0 bridgehead atoms. The minimum absolute atomic E-state index is 0.0653. The number of ether oxygens (including phenoxy) is 2. The summed E-state index contributed by atoms with van der Waals surface area (Å²) in [6.07, 6.45) is 1.47. The van der Waals surface area contributed by atoms with Crippen LogP contribution in [-0.4, -0.2) is 45.3 Å². The summed E-state index contributed by atoms with van der Waals surface area (Å²) in [6.45, 7) is 7.08. The molecule has 1 aliphatic rings. The van der Waals surface area contributed by atoms with Crippen LogP contribution in [0, 0.1) is 11.3 Å². The van der Waals surface area contributed by atoms with Gasteiger partial charge in [-0.05, 0) is 57.4 Å². The Balaban J connectivity index is 1.56. The molecule has 0 spiro atoms. The standard InChI is InChI=1S/C25H28N4O3/c1-25(2,3)32-24(30)28-14-8-11-20(28)17-31-23-27-21-12-6-7-13-22(21)29(23)16-19-10-5-4-9-18(19)15-26/h4-7,9-10,12-13,20H,8,11,14,16-17H2,1-3H3/t20-/m1/s1. The van der Waals surface area contributed by atoms with Gasteiger partial charge in [-0.1, -0.05) is 30.3 Å². The van der Waals surface area contributed by atoms with Crippen LogP contribution in [0.2, 0.25) is 0 Å². The summed E-state index contributed by atoms with van der Waals surface area (Å²) >= 11 is 0. The monoisotopic (exact) mass is 432 g/mol. The minimum Gasteiger partial charge on any atom is -0.462 e. The first kappa shape index (κ1) is 21.7. The van der Waals surface area contributed by atoms with Crippen LogP contribution in [0.15, 0.2) is 48.5 Å². The number of hydrogen-bond acceptors (Lipinski definition) is 5. The Morgan fingerprint density at radius 1 is 1.19 bits per heavy atom. The van der Waals surface area contributed by atoms with Crippen molar-refractivity contribution >= 4 is 17.1 Å². The number of nitrogens with zero attached hydrogens (tertiary/aromatic N) is 4. The fourth-order valence-corrected chi connectivity index (χ4v) is 3.99. The van der Waals surface area contributed by atoms with Gasteiger partial charge in [0, 0.05) is 6.54 Å². The molecule has 7 nitrogen and oxygen atoms in total. The summed E-state index contributed by atoms with van der Waals surface area (Å²) in [5.41, 5.74) is 2.76. The van der Waals surface area contributed by atoms with Gasteiger partial charge in [0.15, 0.2) is 0 Å². The number of fused-ring (bicyclic) bond motifs is 1. The zero-order valence-electron chi connectivity index (χ0n) is 18.7. The number of rotatable bonds is 5. The molecular weight excluding hydrogens is 404 g/mol. The third-order valence-corrected chi connectivity index (χ3v) is 5.50. The van der Waals surface area contributed by atoms with Gasteiger partial charge in [0.2, 0.25) is 0 Å². The highest BCUT2D eigenvalue weighted by molar-refractivity contribution is 5.76. The molecular formula is C25H28N4O3. The van der Waals surface area contributed by atoms with Crippen LogP contribution in [0.4, 0.5) is 4.79 Å². The summed E-state index contributed by atoms with van der Waals surface area (Å²) < 4.78 is 13.7. The Morgan fingerprint density at radius 2 is 1.94 bits per heavy atom. The van der Waals surface area contributed by atoms with Gasteiger partial charge in [0.05, 0.1) is 35.3 Å². The first-order valence-electron chi connectivity index (χ1n) is 10.9. The first-order valence-corrected chi connectivity index (χ1v) is 10.9. The van der Waals surface area contributed by atoms with E-state index in [1.54, 1.807) is 4.90 Å². The van der Waals surface area contributed by atoms with Gasteiger partial charge in [-0.2, -0.15) is 10.2 Å². The first-order chi connectivity index (χ1) is 15.4. The number of aromatic nitrogens is 2. The molecule has 0 N–H and O–H groups in total. The van der Waals surface area contributed by atoms with Crippen LogP contribution >= 0.6 is 0 Å². The van der Waals surface area contributed by atoms with E-state index in [2.05, 4.69) is 11.1 Å². The second kappa shape index (κ2) is 8.91. The highest BCUT2D eigenvalue weighted by Crippen LogP contribution is 2.26. The summed E-state index contributed by atoms with van der Waals surface area (Å²) in [5.74, 6) is 0. The molecule has 7 heteroatoms. The van der Waals surface area contributed by atoms with Crippen LogP contribution in [-0.2, 0) is 11.3 Å². The molecule has 166 valence electrons. The summed E-state index contributed by atoms with van der Waals surface area (Å²) in [7, 11) is 0. The summed E-state index contributed by atoms with van der Waals surface area (Å²) in [5, 5.41) is 9.48. The molecule has 3 aromatic rings. The van der Waals surface area contributed by atoms with E-state index < -0.39 is 5.60 Å². The maximum Gasteiger partial charge on any atom is 0.410 e. The van der Waals surface area contributed by atoms with Crippen LogP contribution in [0.25, 0.3) is 11.0 Å². The van der Waals surface area contributed by atoms with Gasteiger partial charge in [-0.3, -0.25) is 4.57 Å². The van der Waals surface area contributed by atoms with E-state index in [1.807, 2.05) is 73.9 Å². The lowest BCUT2D eigenvalue weighted by atomic mass is 10.1. The van der Waals surface area contributed by atoms with Crippen molar-refractivity contribution in [2.45, 2.75) is 51.8 Å². The fraction of sp³-hybridized carbons (Fsp3) is 0.400. The van der Waals surface area contributed by atoms with Crippen molar-refractivity contribution in [3.8, 4) is 12.1 Å². The highest BCUT2D eigenvalue weighted by atomic mass is 16.6. The molecule has 32 heavy (non-hydrogen) atoms. The SMILES string of the molecule is CC(C)(C)OC(=O)N1CCC[C@@H]1COc1nc2ccccc2n1Cc1ccccc1C#N. The molecule has 1 fully saturated rings. The van der Waals surface area contributed by atoms with Gasteiger partial charge in [-0.15, -0.1) is 0 Å². The van der Waals surface area contributed by atoms with Gasteiger partial charge >= 0.3 is 6.09 Å². The van der Waals surface area contributed by atoms with E-state index in [0.29, 0.717) is 31.3 Å². The highest BCUT2D eigenvalue weighted by Gasteiger charge is 2.33. The average molecular weight is 433 g/mol. The molecule has 2 aromatic carbocycles. The number of carbonyl (C=O) groups is 1. The number of imidazole rings is 1. The molecule has 1 saturated heterocycles. The summed E-state index contributed by atoms with van der Waals surface area (Å²) in [6, 6.07) is 18.0. The number of amides is 1. The van der Waals surface area contributed by atoms with Crippen LogP contribution < -0.4 is 4.74 Å². The lowest BCUT2D eigenvalue weighted by Crippen LogP contribution is -2.42. The number of hydrogen-bond donors (Lipinski definition) is 0. The second-order valence-electron chi connectivity index (χ2n) is 9.02. The van der Waals surface area contributed by atoms with Crippen molar-refractivity contribution in [2.24, 2.45) is 0 Å². The smallest absolute Gasteiger partial charge is 0.410 e. The predicted molar refractivity (Wildman–Crippen MR) is 121 cm³/mol. The van der Waals surface area contributed by atoms with Crippen LogP contribution in [0.3, 0.4) is 0 Å². The normalized spacial score (nSPS) is 16.2. The topological polar surface area (TPSA) is 80.4 Å². The summed E-state index contributed by atoms with van der Waals surface area (Å²) in [4.78, 5) is 19.0. The van der Waals surface area contributed by atoms with Gasteiger partial charge < -0.3 is 14.4 Å². The minimum atomic E-state index is -0.535. The molecule has 1 aliphatic heterocycles. The number of nitriles is 1. The van der Waals surface area contributed by atoms with Crippen molar-refractivity contribution in [3.63, 3.8) is 0 Å². The molecule has 0 radical (unpaired) electrons. The molecule has 2 heterocycles. The average Bonchev–Trinajstić information content (AvgIpc) is 3.36. The predicted octanol–water partition coefficient (Wildman–Crippen LogP) is 4.73. The van der Waals surface area contributed by atoms with E-state index in [9.17, 15) is 10.1 Å². The number of benzene rings is 2. The maximum absolute atomic E-state index is 12.6. The molecule has 1 aromatic heterocycles. The zero-order chi connectivity index (χ0) is 22.7. The van der Waals surface area contributed by atoms with Gasteiger partial charge in [0.25, 0.3) is 6.01 Å². The van der Waals surface area contributed by atoms with Crippen molar-refractivity contribution in [2.75, 3.05) is 13.2 Å². The van der Waals surface area contributed by atoms with Crippen molar-refractivity contribution in [1.82, 2.24) is 14.5 Å². The Hall–Kier alpha value is -3.53. The quantitative estimate of drug-likeness (QED) is 0.582. The van der Waals surface area contributed by atoms with Crippen molar-refractivity contribution in [1.29, 1.82) is 5.26 Å². The molecule has 0 aliphatic carbocycles. The van der Waals surface area contributed by atoms with Crippen molar-refractivity contribution < 1.29 is 14.3 Å². The second-order valence-corrected chi connectivity index (χ2v) is 9.02. The Kier molecular flexibility index (Phi) is 6.04. The third kappa shape index (κ3) is 4.70. The lowest BCUT2D eigenvalue weighted by Gasteiger charge is -2.28. The number of carbonyl (C=O) groups excluding carboxylic acids is 1. The largest absolute Gasteiger partial charge is 0.462 e. The van der Waals surface area contributed by atoms with Gasteiger partial charge in [-0.25, -0.2) is 4.79 Å². The van der Waals surface area contributed by atoms with Gasteiger partial charge in [0.1, 0.15) is 12.2 Å².